The van der Waals surface area contributed by atoms with E-state index in [9.17, 15) is 9.18 Å². The second-order valence-electron chi connectivity index (χ2n) is 7.21. The predicted molar refractivity (Wildman–Crippen MR) is 108 cm³/mol. The number of benzene rings is 2. The highest BCUT2D eigenvalue weighted by molar-refractivity contribution is 7.99. The Bertz CT molecular complexity index is 951. The molecule has 0 N–H and O–H groups in total. The Kier molecular flexibility index (Phi) is 6.24. The zero-order valence-corrected chi connectivity index (χ0v) is 17.0. The van der Waals surface area contributed by atoms with Gasteiger partial charge in [-0.1, -0.05) is 30.0 Å². The summed E-state index contributed by atoms with van der Waals surface area (Å²) < 4.78 is 26.5. The fraction of sp³-hybridized carbons (Fsp3) is 0.333. The lowest BCUT2D eigenvalue weighted by Gasteiger charge is -2.20. The number of aromatic nitrogens is 2. The molecule has 0 aliphatic rings. The zero-order valence-electron chi connectivity index (χ0n) is 16.1. The molecule has 148 valence electrons. The van der Waals surface area contributed by atoms with Crippen LogP contribution < -0.4 is 4.74 Å². The molecule has 2 aromatic carbocycles. The number of imidazole rings is 1. The first-order valence-electron chi connectivity index (χ1n) is 9.00. The first-order chi connectivity index (χ1) is 13.3. The van der Waals surface area contributed by atoms with E-state index in [-0.39, 0.29) is 18.3 Å². The summed E-state index contributed by atoms with van der Waals surface area (Å²) in [4.78, 5) is 16.8. The molecule has 0 unspecified atom stereocenters. The lowest BCUT2D eigenvalue weighted by molar-refractivity contribution is -0.155. The third-order valence-corrected chi connectivity index (χ3v) is 4.65. The normalized spacial score (nSPS) is 11.6. The maximum absolute atomic E-state index is 13.6. The third-order valence-electron chi connectivity index (χ3n) is 3.71. The van der Waals surface area contributed by atoms with Gasteiger partial charge in [-0.25, -0.2) is 9.37 Å². The molecule has 0 atom stereocenters. The number of halogens is 1. The second kappa shape index (κ2) is 8.65. The Hall–Kier alpha value is -2.54. The number of ether oxygens (including phenoxy) is 2. The van der Waals surface area contributed by atoms with Gasteiger partial charge in [-0.05, 0) is 45.0 Å². The number of carbonyl (C=O) groups excluding carboxylic acids is 1. The highest BCUT2D eigenvalue weighted by Crippen LogP contribution is 2.25. The van der Waals surface area contributed by atoms with Crippen LogP contribution in [-0.2, 0) is 16.1 Å². The molecular formula is C21H23FN2O3S. The van der Waals surface area contributed by atoms with Crippen molar-refractivity contribution < 1.29 is 18.7 Å². The lowest BCUT2D eigenvalue weighted by atomic mass is 10.2. The van der Waals surface area contributed by atoms with E-state index in [1.165, 1.54) is 23.9 Å². The maximum Gasteiger partial charge on any atom is 0.326 e. The van der Waals surface area contributed by atoms with Crippen LogP contribution in [0.2, 0.25) is 0 Å². The topological polar surface area (TPSA) is 53.4 Å². The van der Waals surface area contributed by atoms with Crippen LogP contribution >= 0.6 is 11.8 Å². The van der Waals surface area contributed by atoms with E-state index < -0.39 is 5.60 Å². The van der Waals surface area contributed by atoms with E-state index in [2.05, 4.69) is 4.98 Å². The molecule has 0 fully saturated rings. The van der Waals surface area contributed by atoms with Crippen LogP contribution in [0.1, 0.15) is 20.8 Å². The number of carbonyl (C=O) groups is 1. The Labute approximate surface area is 167 Å². The number of thioether (sulfide) groups is 1. The number of nitrogens with zero attached hydrogens (tertiary/aromatic N) is 2. The summed E-state index contributed by atoms with van der Waals surface area (Å²) in [6, 6.07) is 13.9. The van der Waals surface area contributed by atoms with Crippen molar-refractivity contribution in [2.75, 3.05) is 12.4 Å². The van der Waals surface area contributed by atoms with Crippen LogP contribution in [0.25, 0.3) is 11.0 Å². The van der Waals surface area contributed by atoms with Crippen LogP contribution in [0.4, 0.5) is 4.39 Å². The van der Waals surface area contributed by atoms with Crippen molar-refractivity contribution in [2.45, 2.75) is 38.1 Å². The van der Waals surface area contributed by atoms with Crippen molar-refractivity contribution in [3.8, 4) is 5.75 Å². The molecule has 7 heteroatoms. The minimum atomic E-state index is -0.573. The molecule has 1 heterocycles. The van der Waals surface area contributed by atoms with E-state index in [0.29, 0.717) is 28.5 Å². The van der Waals surface area contributed by atoms with Gasteiger partial charge >= 0.3 is 5.97 Å². The number of hydrogen-bond acceptors (Lipinski definition) is 5. The van der Waals surface area contributed by atoms with E-state index in [0.717, 1.165) is 5.75 Å². The van der Waals surface area contributed by atoms with Crippen molar-refractivity contribution in [3.05, 3.63) is 54.3 Å². The molecule has 0 saturated heterocycles. The standard InChI is InChI=1S/C21H23FN2O3S/c1-21(2,3)27-19(25)14-24-18-10-9-15(22)13-17(18)23-20(24)28-12-11-26-16-7-5-4-6-8-16/h4-10,13H,11-12,14H2,1-3H3. The lowest BCUT2D eigenvalue weighted by Crippen LogP contribution is -2.26. The fourth-order valence-electron chi connectivity index (χ4n) is 2.66. The minimum Gasteiger partial charge on any atom is -0.493 e. The van der Waals surface area contributed by atoms with Crippen molar-refractivity contribution in [3.63, 3.8) is 0 Å². The highest BCUT2D eigenvalue weighted by atomic mass is 32.2. The average molecular weight is 402 g/mol. The first kappa shape index (κ1) is 20.2. The Morgan fingerprint density at radius 2 is 1.93 bits per heavy atom. The summed E-state index contributed by atoms with van der Waals surface area (Å²) in [5.41, 5.74) is 0.630. The molecule has 0 aliphatic heterocycles. The monoisotopic (exact) mass is 402 g/mol. The van der Waals surface area contributed by atoms with Gasteiger partial charge in [0.25, 0.3) is 0 Å². The molecule has 3 rings (SSSR count). The summed E-state index contributed by atoms with van der Waals surface area (Å²) in [6.45, 7) is 5.97. The molecule has 0 saturated carbocycles. The summed E-state index contributed by atoms with van der Waals surface area (Å²) in [6.07, 6.45) is 0. The van der Waals surface area contributed by atoms with E-state index in [1.54, 1.807) is 10.6 Å². The average Bonchev–Trinajstić information content (AvgIpc) is 2.94. The zero-order chi connectivity index (χ0) is 20.1. The summed E-state index contributed by atoms with van der Waals surface area (Å²) in [5.74, 6) is 0.707. The van der Waals surface area contributed by atoms with Crippen molar-refractivity contribution in [2.24, 2.45) is 0 Å². The Balaban J connectivity index is 1.73. The molecule has 28 heavy (non-hydrogen) atoms. The molecule has 0 amide bonds. The quantitative estimate of drug-likeness (QED) is 0.326. The van der Waals surface area contributed by atoms with Gasteiger partial charge in [-0.2, -0.15) is 0 Å². The molecular weight excluding hydrogens is 379 g/mol. The van der Waals surface area contributed by atoms with E-state index in [1.807, 2.05) is 51.1 Å². The van der Waals surface area contributed by atoms with E-state index in [4.69, 9.17) is 9.47 Å². The van der Waals surface area contributed by atoms with Crippen LogP contribution in [0.3, 0.4) is 0 Å². The number of hydrogen-bond donors (Lipinski definition) is 0. The van der Waals surface area contributed by atoms with E-state index >= 15 is 0 Å². The smallest absolute Gasteiger partial charge is 0.326 e. The number of fused-ring (bicyclic) bond motifs is 1. The minimum absolute atomic E-state index is 0.0152. The number of rotatable bonds is 7. The summed E-state index contributed by atoms with van der Waals surface area (Å²) >= 11 is 1.45. The molecule has 5 nitrogen and oxygen atoms in total. The molecule has 0 radical (unpaired) electrons. The first-order valence-corrected chi connectivity index (χ1v) is 9.99. The van der Waals surface area contributed by atoms with Crippen molar-refractivity contribution >= 4 is 28.8 Å². The molecule has 0 bridgehead atoms. The van der Waals surface area contributed by atoms with Gasteiger partial charge in [0.05, 0.1) is 17.6 Å². The Morgan fingerprint density at radius 3 is 2.64 bits per heavy atom. The van der Waals surface area contributed by atoms with Crippen molar-refractivity contribution in [1.29, 1.82) is 0 Å². The summed E-state index contributed by atoms with van der Waals surface area (Å²) in [7, 11) is 0. The van der Waals surface area contributed by atoms with Crippen LogP contribution in [0, 0.1) is 5.82 Å². The van der Waals surface area contributed by atoms with Gasteiger partial charge in [0.15, 0.2) is 5.16 Å². The Morgan fingerprint density at radius 1 is 1.18 bits per heavy atom. The predicted octanol–water partition coefficient (Wildman–Crippen LogP) is 4.69. The fourth-order valence-corrected chi connectivity index (χ4v) is 3.49. The van der Waals surface area contributed by atoms with Crippen LogP contribution in [0.5, 0.6) is 5.75 Å². The largest absolute Gasteiger partial charge is 0.493 e. The van der Waals surface area contributed by atoms with Gasteiger partial charge < -0.3 is 14.0 Å². The van der Waals surface area contributed by atoms with Gasteiger partial charge in [0.2, 0.25) is 0 Å². The molecule has 3 aromatic rings. The third kappa shape index (κ3) is 5.48. The molecule has 0 aliphatic carbocycles. The second-order valence-corrected chi connectivity index (χ2v) is 8.27. The number of para-hydroxylation sites is 1. The van der Waals surface area contributed by atoms with Crippen molar-refractivity contribution in [1.82, 2.24) is 9.55 Å². The van der Waals surface area contributed by atoms with Gasteiger partial charge in [0, 0.05) is 11.8 Å². The SMILES string of the molecule is CC(C)(C)OC(=O)Cn1c(SCCOc2ccccc2)nc2cc(F)ccc21. The van der Waals surface area contributed by atoms with Crippen LogP contribution in [0.15, 0.2) is 53.7 Å². The highest BCUT2D eigenvalue weighted by Gasteiger charge is 2.20. The van der Waals surface area contributed by atoms with Gasteiger partial charge in [0.1, 0.15) is 23.7 Å². The molecule has 1 aromatic heterocycles. The van der Waals surface area contributed by atoms with Gasteiger partial charge in [-0.15, -0.1) is 0 Å². The maximum atomic E-state index is 13.6. The summed E-state index contributed by atoms with van der Waals surface area (Å²) in [5, 5.41) is 0.628. The van der Waals surface area contributed by atoms with Gasteiger partial charge in [-0.3, -0.25) is 4.79 Å². The number of esters is 1. The van der Waals surface area contributed by atoms with Crippen LogP contribution in [-0.4, -0.2) is 33.5 Å². The molecule has 0 spiro atoms.